The number of hydrogen-bond acceptors (Lipinski definition) is 5. The molecule has 2 rings (SSSR count). The summed E-state index contributed by atoms with van der Waals surface area (Å²) in [5, 5.41) is 10.1. The molecule has 1 amide bonds. The van der Waals surface area contributed by atoms with Crippen molar-refractivity contribution in [2.45, 2.75) is 26.2 Å². The van der Waals surface area contributed by atoms with E-state index in [0.29, 0.717) is 24.6 Å². The van der Waals surface area contributed by atoms with Crippen molar-refractivity contribution in [3.63, 3.8) is 0 Å². The zero-order chi connectivity index (χ0) is 19.6. The van der Waals surface area contributed by atoms with E-state index in [0.717, 1.165) is 29.6 Å². The predicted octanol–water partition coefficient (Wildman–Crippen LogP) is 2.75. The van der Waals surface area contributed by atoms with Crippen LogP contribution < -0.4 is 17.1 Å². The smallest absolute Gasteiger partial charge is 0.267 e. The van der Waals surface area contributed by atoms with Crippen LogP contribution in [0.5, 0.6) is 0 Å². The van der Waals surface area contributed by atoms with Crippen molar-refractivity contribution in [3.05, 3.63) is 83.3 Å². The van der Waals surface area contributed by atoms with Gasteiger partial charge in [-0.05, 0) is 41.9 Å². The molecule has 1 unspecified atom stereocenters. The lowest BCUT2D eigenvalue weighted by Crippen LogP contribution is -2.29. The molecule has 2 aliphatic carbocycles. The minimum atomic E-state index is -0.543. The Kier molecular flexibility index (Phi) is 7.85. The first-order chi connectivity index (χ1) is 13.0. The molecule has 1 atom stereocenters. The van der Waals surface area contributed by atoms with E-state index in [1.54, 1.807) is 22.8 Å². The van der Waals surface area contributed by atoms with Crippen molar-refractivity contribution in [2.75, 3.05) is 6.54 Å². The second kappa shape index (κ2) is 10.4. The number of hydrogen-bond donors (Lipinski definition) is 4. The lowest BCUT2D eigenvalue weighted by Gasteiger charge is -2.19. The molecule has 0 saturated carbocycles. The summed E-state index contributed by atoms with van der Waals surface area (Å²) in [5.41, 5.74) is 11.7. The maximum atomic E-state index is 11.0. The second-order valence-electron chi connectivity index (χ2n) is 6.73. The Bertz CT molecular complexity index is 754. The lowest BCUT2D eigenvalue weighted by molar-refractivity contribution is -0.124. The highest BCUT2D eigenvalue weighted by Gasteiger charge is 2.10. The number of hydrazine groups is 1. The van der Waals surface area contributed by atoms with Crippen LogP contribution in [0, 0.1) is 5.92 Å². The quantitative estimate of drug-likeness (QED) is 0.239. The SMILES string of the molecule is CC1C=CC=C(/C(N)=C/N(N)CC2=CCC=CC(C/C=C/C(=O)NO)=C2)C1. The number of carbonyl (C=O) groups is 1. The van der Waals surface area contributed by atoms with Gasteiger partial charge in [0.05, 0.1) is 12.2 Å². The summed E-state index contributed by atoms with van der Waals surface area (Å²) in [4.78, 5) is 11.0. The summed E-state index contributed by atoms with van der Waals surface area (Å²) < 4.78 is 0. The van der Waals surface area contributed by atoms with E-state index in [1.165, 1.54) is 6.08 Å². The average Bonchev–Trinajstić information content (AvgIpc) is 2.86. The molecule has 0 radical (unpaired) electrons. The maximum Gasteiger partial charge on any atom is 0.267 e. The van der Waals surface area contributed by atoms with Crippen molar-refractivity contribution in [2.24, 2.45) is 17.5 Å². The number of carbonyl (C=O) groups excluding carboxylic acids is 1. The molecule has 2 aliphatic rings. The van der Waals surface area contributed by atoms with Crippen molar-refractivity contribution in [1.82, 2.24) is 10.5 Å². The number of amides is 1. The summed E-state index contributed by atoms with van der Waals surface area (Å²) in [5.74, 6) is 6.08. The maximum absolute atomic E-state index is 11.0. The largest absolute Gasteiger partial charge is 0.397 e. The lowest BCUT2D eigenvalue weighted by atomic mass is 9.94. The van der Waals surface area contributed by atoms with Gasteiger partial charge in [-0.3, -0.25) is 10.0 Å². The third kappa shape index (κ3) is 7.13. The van der Waals surface area contributed by atoms with Crippen molar-refractivity contribution in [1.29, 1.82) is 0 Å². The first-order valence-corrected chi connectivity index (χ1v) is 9.01. The number of hydroxylamine groups is 1. The van der Waals surface area contributed by atoms with Crippen LogP contribution in [0.25, 0.3) is 0 Å². The zero-order valence-electron chi connectivity index (χ0n) is 15.6. The van der Waals surface area contributed by atoms with Gasteiger partial charge in [0.2, 0.25) is 0 Å². The zero-order valence-corrected chi connectivity index (χ0v) is 15.6. The third-order valence-corrected chi connectivity index (χ3v) is 4.27. The number of rotatable bonds is 7. The standard InChI is InChI=1S/C21H28N4O2/c1-16-6-4-10-19(12-16)20(22)15-25(23)14-18-8-3-2-7-17(13-18)9-5-11-21(26)24-27/h2,4-8,10-11,13,15-16,27H,3,9,12,14,22-23H2,1H3,(H,24,26)/b11-5+,20-15-. The van der Waals surface area contributed by atoms with Crippen LogP contribution in [0.2, 0.25) is 0 Å². The van der Waals surface area contributed by atoms with Crippen molar-refractivity contribution >= 4 is 5.91 Å². The molecule has 0 fully saturated rings. The molecule has 0 saturated heterocycles. The Morgan fingerprint density at radius 2 is 2.26 bits per heavy atom. The Morgan fingerprint density at radius 3 is 3.00 bits per heavy atom. The van der Waals surface area contributed by atoms with E-state index in [9.17, 15) is 4.79 Å². The van der Waals surface area contributed by atoms with E-state index in [1.807, 2.05) is 18.2 Å². The first-order valence-electron chi connectivity index (χ1n) is 9.01. The normalized spacial score (nSPS) is 20.0. The van der Waals surface area contributed by atoms with Crippen molar-refractivity contribution in [3.8, 4) is 0 Å². The fourth-order valence-corrected chi connectivity index (χ4v) is 2.94. The molecule has 0 aromatic rings. The number of nitrogens with zero attached hydrogens (tertiary/aromatic N) is 1. The molecule has 0 aromatic carbocycles. The van der Waals surface area contributed by atoms with E-state index < -0.39 is 5.91 Å². The molecule has 6 heteroatoms. The topological polar surface area (TPSA) is 105 Å². The Hall–Kier alpha value is -2.83. The van der Waals surface area contributed by atoms with Gasteiger partial charge in [0.1, 0.15) is 0 Å². The molecule has 0 aromatic heterocycles. The molecule has 144 valence electrons. The van der Waals surface area contributed by atoms with Gasteiger partial charge in [-0.25, -0.2) is 11.3 Å². The minimum absolute atomic E-state index is 0.477. The van der Waals surface area contributed by atoms with Gasteiger partial charge in [-0.15, -0.1) is 0 Å². The molecular formula is C21H28N4O2. The number of nitrogens with one attached hydrogen (secondary N) is 1. The van der Waals surface area contributed by atoms with Gasteiger partial charge in [-0.2, -0.15) is 0 Å². The Labute approximate surface area is 160 Å². The van der Waals surface area contributed by atoms with Gasteiger partial charge in [0.15, 0.2) is 0 Å². The molecule has 27 heavy (non-hydrogen) atoms. The highest BCUT2D eigenvalue weighted by Crippen LogP contribution is 2.22. The van der Waals surface area contributed by atoms with Crippen LogP contribution in [0.4, 0.5) is 0 Å². The van der Waals surface area contributed by atoms with Gasteiger partial charge < -0.3 is 10.7 Å². The molecule has 6 nitrogen and oxygen atoms in total. The summed E-state index contributed by atoms with van der Waals surface area (Å²) in [6.45, 7) is 2.69. The van der Waals surface area contributed by atoms with E-state index in [2.05, 4.69) is 31.2 Å². The summed E-state index contributed by atoms with van der Waals surface area (Å²) in [6, 6.07) is 0. The molecular weight excluding hydrogens is 340 g/mol. The molecule has 0 spiro atoms. The minimum Gasteiger partial charge on any atom is -0.397 e. The first kappa shape index (κ1) is 20.5. The Morgan fingerprint density at radius 1 is 1.44 bits per heavy atom. The van der Waals surface area contributed by atoms with E-state index in [-0.39, 0.29) is 0 Å². The predicted molar refractivity (Wildman–Crippen MR) is 108 cm³/mol. The van der Waals surface area contributed by atoms with Crippen LogP contribution in [0.3, 0.4) is 0 Å². The van der Waals surface area contributed by atoms with Crippen LogP contribution in [0.15, 0.2) is 83.3 Å². The van der Waals surface area contributed by atoms with Crippen LogP contribution in [0.1, 0.15) is 26.2 Å². The monoisotopic (exact) mass is 368 g/mol. The molecule has 6 N–H and O–H groups in total. The van der Waals surface area contributed by atoms with Crippen molar-refractivity contribution < 1.29 is 10.0 Å². The van der Waals surface area contributed by atoms with Crippen LogP contribution in [-0.4, -0.2) is 22.7 Å². The summed E-state index contributed by atoms with van der Waals surface area (Å²) >= 11 is 0. The third-order valence-electron chi connectivity index (χ3n) is 4.27. The van der Waals surface area contributed by atoms with Crippen LogP contribution >= 0.6 is 0 Å². The fourth-order valence-electron chi connectivity index (χ4n) is 2.94. The van der Waals surface area contributed by atoms with E-state index >= 15 is 0 Å². The molecule has 0 aliphatic heterocycles. The number of allylic oxidation sites excluding steroid dienone is 9. The van der Waals surface area contributed by atoms with E-state index in [4.69, 9.17) is 16.8 Å². The van der Waals surface area contributed by atoms with Crippen LogP contribution in [-0.2, 0) is 4.79 Å². The Balaban J connectivity index is 1.99. The molecule has 0 bridgehead atoms. The summed E-state index contributed by atoms with van der Waals surface area (Å²) in [7, 11) is 0. The fraction of sp³-hybridized carbons (Fsp3) is 0.286. The van der Waals surface area contributed by atoms with Gasteiger partial charge >= 0.3 is 0 Å². The second-order valence-corrected chi connectivity index (χ2v) is 6.73. The van der Waals surface area contributed by atoms with Gasteiger partial charge in [-0.1, -0.05) is 55.5 Å². The number of nitrogens with two attached hydrogens (primary N) is 2. The van der Waals surface area contributed by atoms with Gasteiger partial charge in [0, 0.05) is 12.3 Å². The molecule has 0 heterocycles. The highest BCUT2D eigenvalue weighted by atomic mass is 16.5. The van der Waals surface area contributed by atoms with Gasteiger partial charge in [0.25, 0.3) is 5.91 Å². The average molecular weight is 368 g/mol. The highest BCUT2D eigenvalue weighted by molar-refractivity contribution is 5.86. The summed E-state index contributed by atoms with van der Waals surface area (Å²) in [6.07, 6.45) is 21.6.